The number of amides is 4. The molecule has 234 valence electrons. The lowest BCUT2D eigenvalue weighted by Gasteiger charge is -2.36. The Balaban J connectivity index is 1.83. The van der Waals surface area contributed by atoms with Gasteiger partial charge in [0.05, 0.1) is 6.04 Å². The van der Waals surface area contributed by atoms with Gasteiger partial charge in [-0.3, -0.25) is 19.2 Å². The number of nitrogens with one attached hydrogen (secondary N) is 3. The van der Waals surface area contributed by atoms with Crippen LogP contribution in [-0.2, 0) is 23.9 Å². The van der Waals surface area contributed by atoms with Gasteiger partial charge in [-0.25, -0.2) is 4.79 Å². The molecule has 1 heterocycles. The predicted molar refractivity (Wildman–Crippen MR) is 161 cm³/mol. The number of ketones is 1. The lowest BCUT2D eigenvalue weighted by Crippen LogP contribution is -2.60. The van der Waals surface area contributed by atoms with Crippen LogP contribution in [0, 0.1) is 17.8 Å². The van der Waals surface area contributed by atoms with Crippen LogP contribution in [-0.4, -0.2) is 75.6 Å². The largest absolute Gasteiger partial charge is 0.444 e. The van der Waals surface area contributed by atoms with Crippen LogP contribution in [0.25, 0.3) is 0 Å². The van der Waals surface area contributed by atoms with E-state index in [1.165, 1.54) is 4.90 Å². The van der Waals surface area contributed by atoms with Gasteiger partial charge in [-0.1, -0.05) is 31.4 Å². The first-order chi connectivity index (χ1) is 19.7. The van der Waals surface area contributed by atoms with E-state index < -0.39 is 63.6 Å². The number of allylic oxidation sites excluding steroid dienone is 1. The smallest absolute Gasteiger partial charge is 0.408 e. The molecular formula is C30H44Cl2N4O6. The summed E-state index contributed by atoms with van der Waals surface area (Å²) < 4.78 is 4.24. The third-order valence-electron chi connectivity index (χ3n) is 8.09. The summed E-state index contributed by atoms with van der Waals surface area (Å²) in [5.74, 6) is -3.70. The zero-order valence-electron chi connectivity index (χ0n) is 24.8. The molecule has 1 aliphatic heterocycles. The molecule has 3 rings (SSSR count). The second-order valence-electron chi connectivity index (χ2n) is 12.4. The van der Waals surface area contributed by atoms with Crippen LogP contribution in [0.4, 0.5) is 4.79 Å². The van der Waals surface area contributed by atoms with E-state index >= 15 is 0 Å². The normalized spacial score (nSPS) is 24.4. The minimum Gasteiger partial charge on any atom is -0.444 e. The number of hydrogen-bond donors (Lipinski definition) is 3. The quantitative estimate of drug-likeness (QED) is 0.123. The maximum atomic E-state index is 14.1. The number of halogens is 2. The van der Waals surface area contributed by atoms with Crippen molar-refractivity contribution in [1.82, 2.24) is 20.9 Å². The van der Waals surface area contributed by atoms with Gasteiger partial charge in [-0.15, -0.1) is 36.4 Å². The number of rotatable bonds is 13. The number of piperidine rings is 1. The third kappa shape index (κ3) is 8.28. The summed E-state index contributed by atoms with van der Waals surface area (Å²) in [4.78, 5) is 67.6. The minimum atomic E-state index is -1.21. The summed E-state index contributed by atoms with van der Waals surface area (Å²) in [5.41, 5.74) is -0.760. The Hall–Kier alpha value is -2.59. The van der Waals surface area contributed by atoms with E-state index in [2.05, 4.69) is 29.1 Å². The molecule has 4 amide bonds. The Labute approximate surface area is 258 Å². The van der Waals surface area contributed by atoms with E-state index in [0.29, 0.717) is 12.8 Å². The number of carbonyl (C=O) groups excluding carboxylic acids is 5. The van der Waals surface area contributed by atoms with Gasteiger partial charge in [0.15, 0.2) is 0 Å². The van der Waals surface area contributed by atoms with Crippen molar-refractivity contribution < 1.29 is 28.7 Å². The highest BCUT2D eigenvalue weighted by atomic mass is 35.5. The summed E-state index contributed by atoms with van der Waals surface area (Å²) in [6, 6.07) is -3.11. The fraction of sp³-hybridized carbons (Fsp3) is 0.700. The molecule has 2 aliphatic carbocycles. The summed E-state index contributed by atoms with van der Waals surface area (Å²) in [7, 11) is 0. The van der Waals surface area contributed by atoms with Crippen molar-refractivity contribution in [2.45, 2.75) is 100 Å². The average Bonchev–Trinajstić information content (AvgIpc) is 3.24. The van der Waals surface area contributed by atoms with Crippen molar-refractivity contribution in [3.05, 3.63) is 25.3 Å². The van der Waals surface area contributed by atoms with Gasteiger partial charge in [0, 0.05) is 24.9 Å². The standard InChI is InChI=1S/C30H44Cl2N4O6/c1-6-8-15-20(24(37)26(39)33-16-9-7-2)34-25(38)23-21-19(30(21,31)32)17-36(23)27(40)22(18-13-11-10-12-14-18)35-28(41)42-29(3,4)5/h6-7,18-23H,1-2,8-17H2,3-5H3,(H,33,39)(H,34,38)(H,35,41)/t19-,20?,21-,22?,23-/m0/s1. The van der Waals surface area contributed by atoms with Crippen LogP contribution >= 0.6 is 23.2 Å². The lowest BCUT2D eigenvalue weighted by atomic mass is 9.83. The van der Waals surface area contributed by atoms with Crippen LogP contribution in [0.2, 0.25) is 0 Å². The molecule has 2 unspecified atom stereocenters. The maximum Gasteiger partial charge on any atom is 0.408 e. The summed E-state index contributed by atoms with van der Waals surface area (Å²) in [5, 5.41) is 8.01. The van der Waals surface area contributed by atoms with E-state index in [-0.39, 0.29) is 31.3 Å². The van der Waals surface area contributed by atoms with Crippen molar-refractivity contribution in [2.24, 2.45) is 17.8 Å². The first-order valence-electron chi connectivity index (χ1n) is 14.7. The Morgan fingerprint density at radius 3 is 2.26 bits per heavy atom. The first-order valence-corrected chi connectivity index (χ1v) is 15.5. The Bertz CT molecular complexity index is 1070. The topological polar surface area (TPSA) is 134 Å². The van der Waals surface area contributed by atoms with Crippen LogP contribution in [0.15, 0.2) is 25.3 Å². The van der Waals surface area contributed by atoms with E-state index in [1.54, 1.807) is 32.9 Å². The molecule has 3 aliphatic rings. The molecule has 0 radical (unpaired) electrons. The van der Waals surface area contributed by atoms with E-state index in [9.17, 15) is 24.0 Å². The molecule has 3 fully saturated rings. The highest BCUT2D eigenvalue weighted by molar-refractivity contribution is 6.51. The van der Waals surface area contributed by atoms with Gasteiger partial charge < -0.3 is 25.6 Å². The summed E-state index contributed by atoms with van der Waals surface area (Å²) >= 11 is 13.0. The van der Waals surface area contributed by atoms with E-state index in [4.69, 9.17) is 27.9 Å². The molecule has 12 heteroatoms. The molecule has 2 saturated carbocycles. The van der Waals surface area contributed by atoms with Crippen LogP contribution in [0.1, 0.15) is 72.1 Å². The Kier molecular flexibility index (Phi) is 11.5. The molecule has 0 aromatic heterocycles. The first kappa shape index (κ1) is 33.9. The second kappa shape index (κ2) is 14.3. The van der Waals surface area contributed by atoms with Gasteiger partial charge >= 0.3 is 6.09 Å². The van der Waals surface area contributed by atoms with Crippen molar-refractivity contribution in [2.75, 3.05) is 13.1 Å². The van der Waals surface area contributed by atoms with Crippen LogP contribution in [0.3, 0.4) is 0 Å². The lowest BCUT2D eigenvalue weighted by molar-refractivity contribution is -0.144. The number of ether oxygens (including phenoxy) is 1. The fourth-order valence-electron chi connectivity index (χ4n) is 5.94. The van der Waals surface area contributed by atoms with E-state index in [1.807, 2.05) is 0 Å². The monoisotopic (exact) mass is 626 g/mol. The molecule has 5 atom stereocenters. The molecule has 42 heavy (non-hydrogen) atoms. The number of fused-ring (bicyclic) bond motifs is 1. The predicted octanol–water partition coefficient (Wildman–Crippen LogP) is 3.80. The van der Waals surface area contributed by atoms with Gasteiger partial charge in [-0.2, -0.15) is 0 Å². The third-order valence-corrected chi connectivity index (χ3v) is 9.16. The van der Waals surface area contributed by atoms with Gasteiger partial charge in [0.25, 0.3) is 5.91 Å². The Morgan fingerprint density at radius 1 is 1.02 bits per heavy atom. The SMILES string of the molecule is C=CCCNC(=O)C(=O)C(CCC=C)NC(=O)[C@@H]1[C@@H]2[C@H](CN1C(=O)C(NC(=O)OC(C)(C)C)C1CCCCC1)C2(Cl)Cl. The van der Waals surface area contributed by atoms with Crippen LogP contribution in [0.5, 0.6) is 0 Å². The Morgan fingerprint density at radius 2 is 1.67 bits per heavy atom. The summed E-state index contributed by atoms with van der Waals surface area (Å²) in [6.45, 7) is 12.8. The average molecular weight is 628 g/mol. The van der Waals surface area contributed by atoms with Gasteiger partial charge in [0.2, 0.25) is 17.6 Å². The van der Waals surface area contributed by atoms with Crippen molar-refractivity contribution in [3.8, 4) is 0 Å². The fourth-order valence-corrected chi connectivity index (χ4v) is 6.77. The highest BCUT2D eigenvalue weighted by Gasteiger charge is 2.74. The number of nitrogens with zero attached hydrogens (tertiary/aromatic N) is 1. The van der Waals surface area contributed by atoms with Gasteiger partial charge in [0.1, 0.15) is 22.0 Å². The molecule has 0 spiro atoms. The molecule has 3 N–H and O–H groups in total. The summed E-state index contributed by atoms with van der Waals surface area (Å²) in [6.07, 6.45) is 7.88. The number of alkyl carbamates (subject to hydrolysis) is 1. The zero-order valence-corrected chi connectivity index (χ0v) is 26.3. The number of hydrogen-bond acceptors (Lipinski definition) is 6. The molecule has 0 aromatic rings. The van der Waals surface area contributed by atoms with E-state index in [0.717, 1.165) is 32.1 Å². The number of alkyl halides is 2. The highest BCUT2D eigenvalue weighted by Crippen LogP contribution is 2.65. The molecule has 0 bridgehead atoms. The number of Topliss-reactive ketones (excluding diaryl/α,β-unsaturated/α-hetero) is 1. The van der Waals surface area contributed by atoms with Gasteiger partial charge in [-0.05, 0) is 58.8 Å². The zero-order chi connectivity index (χ0) is 31.2. The number of carbonyl (C=O) groups is 5. The molecule has 0 aromatic carbocycles. The molecular weight excluding hydrogens is 583 g/mol. The van der Waals surface area contributed by atoms with Crippen molar-refractivity contribution in [3.63, 3.8) is 0 Å². The second-order valence-corrected chi connectivity index (χ2v) is 13.8. The minimum absolute atomic E-state index is 0.126. The van der Waals surface area contributed by atoms with Crippen molar-refractivity contribution in [1.29, 1.82) is 0 Å². The maximum absolute atomic E-state index is 14.1. The van der Waals surface area contributed by atoms with Crippen LogP contribution < -0.4 is 16.0 Å². The van der Waals surface area contributed by atoms with Crippen molar-refractivity contribution >= 4 is 52.8 Å². The molecule has 10 nitrogen and oxygen atoms in total. The number of likely N-dealkylation sites (tertiary alicyclic amines) is 1. The molecule has 1 saturated heterocycles.